The molecule has 10 heteroatoms. The molecule has 1 aliphatic rings. The van der Waals surface area contributed by atoms with Crippen molar-refractivity contribution < 1.29 is 38.7 Å². The van der Waals surface area contributed by atoms with Gasteiger partial charge in [0.15, 0.2) is 6.10 Å². The minimum Gasteiger partial charge on any atom is -0.457 e. The maximum absolute atomic E-state index is 14.1. The molecular formula is C54H107NO8Si. The highest BCUT2D eigenvalue weighted by Gasteiger charge is 2.43. The van der Waals surface area contributed by atoms with Gasteiger partial charge in [-0.1, -0.05) is 239 Å². The first-order valence-electron chi connectivity index (χ1n) is 27.7. The van der Waals surface area contributed by atoms with E-state index in [4.69, 9.17) is 18.9 Å². The van der Waals surface area contributed by atoms with E-state index in [0.717, 1.165) is 63.8 Å². The minimum absolute atomic E-state index is 0.0388. The second-order valence-electron chi connectivity index (χ2n) is 20.9. The zero-order valence-electron chi connectivity index (χ0n) is 43.1. The summed E-state index contributed by atoms with van der Waals surface area (Å²) in [6.07, 6.45) is 37.7. The molecular weight excluding hydrogens is 819 g/mol. The Balaban J connectivity index is 2.84. The number of esters is 1. The van der Waals surface area contributed by atoms with E-state index in [0.29, 0.717) is 6.61 Å². The second kappa shape index (κ2) is 42.1. The first kappa shape index (κ1) is 61.0. The van der Waals surface area contributed by atoms with E-state index in [1.165, 1.54) is 161 Å². The quantitative estimate of drug-likeness (QED) is 0.0239. The molecule has 0 radical (unpaired) electrons. The van der Waals surface area contributed by atoms with Gasteiger partial charge in [-0.15, -0.1) is 0 Å². The first-order valence-corrected chi connectivity index (χ1v) is 31.4. The summed E-state index contributed by atoms with van der Waals surface area (Å²) in [5, 5.41) is 24.5. The Bertz CT molecular complexity index is 1060. The van der Waals surface area contributed by atoms with E-state index >= 15 is 0 Å². The lowest BCUT2D eigenvalue weighted by molar-refractivity contribution is -0.194. The van der Waals surface area contributed by atoms with Crippen molar-refractivity contribution in [1.82, 2.24) is 5.32 Å². The number of aliphatic hydroxyl groups excluding tert-OH is 2. The molecule has 3 N–H and O–H groups in total. The maximum Gasteiger partial charge on any atom is 0.309 e. The number of hydrogen-bond donors (Lipinski definition) is 3. The monoisotopic (exact) mass is 926 g/mol. The second-order valence-corrected chi connectivity index (χ2v) is 26.5. The zero-order chi connectivity index (χ0) is 46.9. The highest BCUT2D eigenvalue weighted by molar-refractivity contribution is 6.76. The van der Waals surface area contributed by atoms with E-state index in [-0.39, 0.29) is 43.7 Å². The number of amides is 1. The topological polar surface area (TPSA) is 124 Å². The Morgan fingerprint density at radius 2 is 1.03 bits per heavy atom. The fraction of sp³-hybridized carbons (Fsp3) is 0.963. The fourth-order valence-electron chi connectivity index (χ4n) is 9.01. The lowest BCUT2D eigenvalue weighted by atomic mass is 9.93. The molecule has 1 aliphatic heterocycles. The molecule has 0 saturated carbocycles. The van der Waals surface area contributed by atoms with Crippen molar-refractivity contribution in [3.8, 4) is 0 Å². The van der Waals surface area contributed by atoms with Gasteiger partial charge in [0.25, 0.3) is 0 Å². The SMILES string of the molecule is CCCCCCCCCCCCCCCCC(CCCCCCCCCCCC)C(=O)O[C@H]1[C@H](O)[C@@H](CO)OC[C@@H]1NC(=O)C[C@@H](CCCCCCCCC)OCOCC[Si](C)(C)C. The van der Waals surface area contributed by atoms with Crippen LogP contribution in [0.4, 0.5) is 0 Å². The van der Waals surface area contributed by atoms with Crippen LogP contribution in [-0.2, 0) is 28.5 Å². The summed E-state index contributed by atoms with van der Waals surface area (Å²) in [5.41, 5.74) is 0. The predicted octanol–water partition coefficient (Wildman–Crippen LogP) is 14.2. The van der Waals surface area contributed by atoms with E-state index in [2.05, 4.69) is 45.7 Å². The van der Waals surface area contributed by atoms with Gasteiger partial charge in [-0.05, 0) is 25.3 Å². The Kier molecular flexibility index (Phi) is 40.1. The van der Waals surface area contributed by atoms with Gasteiger partial charge < -0.3 is 34.5 Å². The largest absolute Gasteiger partial charge is 0.457 e. The van der Waals surface area contributed by atoms with Crippen LogP contribution < -0.4 is 5.32 Å². The van der Waals surface area contributed by atoms with Gasteiger partial charge in [-0.2, -0.15) is 0 Å². The molecule has 6 atom stereocenters. The van der Waals surface area contributed by atoms with Crippen LogP contribution in [0.15, 0.2) is 0 Å². The Morgan fingerprint density at radius 1 is 0.625 bits per heavy atom. The van der Waals surface area contributed by atoms with Crippen molar-refractivity contribution in [3.63, 3.8) is 0 Å². The van der Waals surface area contributed by atoms with Crippen molar-refractivity contribution >= 4 is 20.0 Å². The number of carbonyl (C=O) groups is 2. The summed E-state index contributed by atoms with van der Waals surface area (Å²) in [6, 6.07) is 0.318. The van der Waals surface area contributed by atoms with Crippen LogP contribution in [0.3, 0.4) is 0 Å². The third-order valence-electron chi connectivity index (χ3n) is 13.5. The van der Waals surface area contributed by atoms with Gasteiger partial charge in [0.05, 0.1) is 37.7 Å². The van der Waals surface area contributed by atoms with Crippen LogP contribution in [0.5, 0.6) is 0 Å². The molecule has 0 aromatic rings. The highest BCUT2D eigenvalue weighted by Crippen LogP contribution is 2.26. The summed E-state index contributed by atoms with van der Waals surface area (Å²) < 4.78 is 24.1. The van der Waals surface area contributed by atoms with Crippen molar-refractivity contribution in [1.29, 1.82) is 0 Å². The molecule has 1 saturated heterocycles. The van der Waals surface area contributed by atoms with Crippen LogP contribution in [-0.4, -0.2) is 87.2 Å². The van der Waals surface area contributed by atoms with Gasteiger partial charge in [0.1, 0.15) is 19.0 Å². The first-order chi connectivity index (χ1) is 31.1. The molecule has 9 nitrogen and oxygen atoms in total. The zero-order valence-corrected chi connectivity index (χ0v) is 44.1. The van der Waals surface area contributed by atoms with Crippen LogP contribution in [0.1, 0.15) is 245 Å². The van der Waals surface area contributed by atoms with Gasteiger partial charge in [0.2, 0.25) is 5.91 Å². The van der Waals surface area contributed by atoms with Crippen molar-refractivity contribution in [2.75, 3.05) is 26.6 Å². The Labute approximate surface area is 396 Å². The van der Waals surface area contributed by atoms with Crippen LogP contribution in [0.2, 0.25) is 25.7 Å². The van der Waals surface area contributed by atoms with E-state index in [9.17, 15) is 19.8 Å². The van der Waals surface area contributed by atoms with Crippen LogP contribution in [0, 0.1) is 5.92 Å². The summed E-state index contributed by atoms with van der Waals surface area (Å²) in [6.45, 7) is 14.2. The number of nitrogens with one attached hydrogen (secondary N) is 1. The van der Waals surface area contributed by atoms with E-state index in [1.807, 2.05) is 0 Å². The third-order valence-corrected chi connectivity index (χ3v) is 15.2. The van der Waals surface area contributed by atoms with Crippen molar-refractivity contribution in [2.45, 2.75) is 302 Å². The van der Waals surface area contributed by atoms with Crippen molar-refractivity contribution in [2.24, 2.45) is 5.92 Å². The molecule has 1 heterocycles. The minimum atomic E-state index is -1.26. The Morgan fingerprint density at radius 3 is 1.44 bits per heavy atom. The molecule has 380 valence electrons. The van der Waals surface area contributed by atoms with E-state index < -0.39 is 39.0 Å². The number of carbonyl (C=O) groups excluding carboxylic acids is 2. The number of hydrogen-bond acceptors (Lipinski definition) is 8. The van der Waals surface area contributed by atoms with Crippen LogP contribution in [0.25, 0.3) is 0 Å². The predicted molar refractivity (Wildman–Crippen MR) is 271 cm³/mol. The molecule has 1 rings (SSSR count). The standard InChI is InChI=1S/C54H107NO8Si/c1-7-10-13-16-19-21-23-24-25-26-28-31-33-36-39-47(38-35-32-30-27-22-20-17-14-11-8-2)54(59)63-53-49(45-61-50(44-56)52(53)58)55-51(57)43-48(40-37-34-29-18-15-12-9-3)62-46-60-41-42-64(4,5)6/h47-50,52-53,56,58H,7-46H2,1-6H3,(H,55,57)/t47?,48-,49+,50-,52-,53-/m1/s1. The van der Waals surface area contributed by atoms with Gasteiger partial charge >= 0.3 is 5.97 Å². The molecule has 0 aliphatic carbocycles. The smallest absolute Gasteiger partial charge is 0.309 e. The Hall–Kier alpha value is -1.04. The molecule has 0 aromatic carbocycles. The lowest BCUT2D eigenvalue weighted by Gasteiger charge is -2.40. The average Bonchev–Trinajstić information content (AvgIpc) is 3.26. The summed E-state index contributed by atoms with van der Waals surface area (Å²) in [4.78, 5) is 27.8. The summed E-state index contributed by atoms with van der Waals surface area (Å²) in [7, 11) is -1.23. The number of ether oxygens (including phenoxy) is 4. The average molecular weight is 927 g/mol. The number of aliphatic hydroxyl groups is 2. The summed E-state index contributed by atoms with van der Waals surface area (Å²) >= 11 is 0. The van der Waals surface area contributed by atoms with Crippen molar-refractivity contribution in [3.05, 3.63) is 0 Å². The normalized spacial score (nSPS) is 18.9. The van der Waals surface area contributed by atoms with Crippen LogP contribution >= 0.6 is 0 Å². The molecule has 1 fully saturated rings. The molecule has 0 bridgehead atoms. The molecule has 1 unspecified atom stereocenters. The lowest BCUT2D eigenvalue weighted by Crippen LogP contribution is -2.61. The molecule has 0 aromatic heterocycles. The fourth-order valence-corrected chi connectivity index (χ4v) is 9.76. The molecule has 1 amide bonds. The summed E-state index contributed by atoms with van der Waals surface area (Å²) in [5.74, 6) is -0.794. The number of unbranched alkanes of at least 4 members (excludes halogenated alkanes) is 28. The molecule has 0 spiro atoms. The van der Waals surface area contributed by atoms with Gasteiger partial charge in [-0.25, -0.2) is 0 Å². The highest BCUT2D eigenvalue weighted by atomic mass is 28.3. The van der Waals surface area contributed by atoms with Gasteiger partial charge in [0, 0.05) is 14.7 Å². The maximum atomic E-state index is 14.1. The third kappa shape index (κ3) is 34.3. The van der Waals surface area contributed by atoms with Gasteiger partial charge in [-0.3, -0.25) is 9.59 Å². The number of rotatable bonds is 46. The van der Waals surface area contributed by atoms with E-state index in [1.54, 1.807) is 0 Å². The molecule has 64 heavy (non-hydrogen) atoms.